The molecular formula is C7H8Cl3F3N2. The predicted molar refractivity (Wildman–Crippen MR) is 56.7 cm³/mol. The maximum absolute atomic E-state index is 12.1. The SMILES string of the molecule is Cl.Cl.N[C@@H](c1ncccc1Cl)C(F)(F)F. The highest BCUT2D eigenvalue weighted by atomic mass is 35.5. The average Bonchev–Trinajstić information content (AvgIpc) is 2.02. The van der Waals surface area contributed by atoms with Crippen molar-refractivity contribution in [3.8, 4) is 0 Å². The molecule has 0 aliphatic rings. The van der Waals surface area contributed by atoms with Crippen molar-refractivity contribution >= 4 is 36.4 Å². The molecule has 0 aromatic carbocycles. The van der Waals surface area contributed by atoms with Gasteiger partial charge >= 0.3 is 6.18 Å². The van der Waals surface area contributed by atoms with Crippen molar-refractivity contribution in [1.82, 2.24) is 4.98 Å². The summed E-state index contributed by atoms with van der Waals surface area (Å²) in [5, 5.41) is -0.0766. The van der Waals surface area contributed by atoms with E-state index >= 15 is 0 Å². The predicted octanol–water partition coefficient (Wildman–Crippen LogP) is 3.14. The second-order valence-electron chi connectivity index (χ2n) is 2.39. The van der Waals surface area contributed by atoms with Crippen LogP contribution in [0.25, 0.3) is 0 Å². The van der Waals surface area contributed by atoms with Crippen molar-refractivity contribution in [2.45, 2.75) is 12.2 Å². The Hall–Kier alpha value is -0.230. The summed E-state index contributed by atoms with van der Waals surface area (Å²) in [7, 11) is 0. The van der Waals surface area contributed by atoms with E-state index in [2.05, 4.69) is 4.98 Å². The van der Waals surface area contributed by atoms with Gasteiger partial charge in [0.05, 0.1) is 10.7 Å². The van der Waals surface area contributed by atoms with E-state index in [0.717, 1.165) is 0 Å². The van der Waals surface area contributed by atoms with Crippen LogP contribution in [0.2, 0.25) is 5.02 Å². The van der Waals surface area contributed by atoms with Gasteiger partial charge in [-0.15, -0.1) is 24.8 Å². The van der Waals surface area contributed by atoms with E-state index in [1.54, 1.807) is 0 Å². The topological polar surface area (TPSA) is 38.9 Å². The van der Waals surface area contributed by atoms with E-state index in [-0.39, 0.29) is 35.5 Å². The largest absolute Gasteiger partial charge is 0.409 e. The smallest absolute Gasteiger partial charge is 0.315 e. The number of hydrogen-bond acceptors (Lipinski definition) is 2. The lowest BCUT2D eigenvalue weighted by Crippen LogP contribution is -2.29. The Kier molecular flexibility index (Phi) is 7.30. The number of halogens is 6. The molecule has 0 saturated carbocycles. The van der Waals surface area contributed by atoms with Gasteiger partial charge in [0.1, 0.15) is 6.04 Å². The molecule has 0 unspecified atom stereocenters. The van der Waals surface area contributed by atoms with Crippen molar-refractivity contribution in [2.24, 2.45) is 5.73 Å². The monoisotopic (exact) mass is 282 g/mol. The molecule has 0 fully saturated rings. The molecule has 88 valence electrons. The first-order valence-electron chi connectivity index (χ1n) is 3.35. The summed E-state index contributed by atoms with van der Waals surface area (Å²) in [6.07, 6.45) is -3.30. The van der Waals surface area contributed by atoms with Gasteiger partial charge in [-0.3, -0.25) is 4.98 Å². The molecule has 0 bridgehead atoms. The number of alkyl halides is 3. The lowest BCUT2D eigenvalue weighted by atomic mass is 10.2. The number of nitrogens with zero attached hydrogens (tertiary/aromatic N) is 1. The number of nitrogens with two attached hydrogens (primary N) is 1. The molecule has 2 N–H and O–H groups in total. The lowest BCUT2D eigenvalue weighted by Gasteiger charge is -2.15. The van der Waals surface area contributed by atoms with Gasteiger partial charge < -0.3 is 5.73 Å². The van der Waals surface area contributed by atoms with Crippen molar-refractivity contribution in [1.29, 1.82) is 0 Å². The second kappa shape index (κ2) is 6.37. The Balaban J connectivity index is 0. The summed E-state index contributed by atoms with van der Waals surface area (Å²) in [5.74, 6) is 0. The minimum atomic E-state index is -4.52. The van der Waals surface area contributed by atoms with Crippen molar-refractivity contribution < 1.29 is 13.2 Å². The molecule has 0 saturated heterocycles. The molecular weight excluding hydrogens is 275 g/mol. The molecule has 1 atom stereocenters. The maximum Gasteiger partial charge on any atom is 0.409 e. The molecule has 15 heavy (non-hydrogen) atoms. The minimum Gasteiger partial charge on any atom is -0.315 e. The summed E-state index contributed by atoms with van der Waals surface area (Å²) < 4.78 is 36.3. The molecule has 0 spiro atoms. The fourth-order valence-corrected chi connectivity index (χ4v) is 1.02. The normalized spacial score (nSPS) is 12.3. The highest BCUT2D eigenvalue weighted by Gasteiger charge is 2.39. The molecule has 0 aliphatic carbocycles. The Morgan fingerprint density at radius 3 is 2.27 bits per heavy atom. The number of aromatic nitrogens is 1. The van der Waals surface area contributed by atoms with Crippen LogP contribution in [0.1, 0.15) is 11.7 Å². The van der Waals surface area contributed by atoms with Crippen LogP contribution >= 0.6 is 36.4 Å². The van der Waals surface area contributed by atoms with Gasteiger partial charge in [-0.25, -0.2) is 0 Å². The van der Waals surface area contributed by atoms with Gasteiger partial charge in [-0.2, -0.15) is 13.2 Å². The third-order valence-electron chi connectivity index (χ3n) is 1.43. The zero-order valence-corrected chi connectivity index (χ0v) is 9.55. The Morgan fingerprint density at radius 1 is 1.33 bits per heavy atom. The maximum atomic E-state index is 12.1. The van der Waals surface area contributed by atoms with Crippen LogP contribution in [0.4, 0.5) is 13.2 Å². The van der Waals surface area contributed by atoms with E-state index in [9.17, 15) is 13.2 Å². The van der Waals surface area contributed by atoms with Gasteiger partial charge in [0.15, 0.2) is 0 Å². The first kappa shape index (κ1) is 17.2. The molecule has 2 nitrogen and oxygen atoms in total. The summed E-state index contributed by atoms with van der Waals surface area (Å²) in [4.78, 5) is 3.47. The van der Waals surface area contributed by atoms with Crippen LogP contribution in [-0.2, 0) is 0 Å². The van der Waals surface area contributed by atoms with Crippen LogP contribution in [0.3, 0.4) is 0 Å². The minimum absolute atomic E-state index is 0. The first-order valence-corrected chi connectivity index (χ1v) is 3.73. The third-order valence-corrected chi connectivity index (χ3v) is 1.75. The molecule has 1 rings (SSSR count). The molecule has 0 radical (unpaired) electrons. The molecule has 0 amide bonds. The summed E-state index contributed by atoms with van der Waals surface area (Å²) in [5.41, 5.74) is 4.55. The van der Waals surface area contributed by atoms with Gasteiger partial charge in [0, 0.05) is 6.20 Å². The van der Waals surface area contributed by atoms with E-state index in [1.165, 1.54) is 18.3 Å². The molecule has 8 heteroatoms. The highest BCUT2D eigenvalue weighted by molar-refractivity contribution is 6.31. The number of pyridine rings is 1. The molecule has 1 aromatic heterocycles. The fraction of sp³-hybridized carbons (Fsp3) is 0.286. The van der Waals surface area contributed by atoms with Crippen molar-refractivity contribution in [2.75, 3.05) is 0 Å². The zero-order chi connectivity index (χ0) is 10.1. The van der Waals surface area contributed by atoms with Crippen LogP contribution in [0.5, 0.6) is 0 Å². The van der Waals surface area contributed by atoms with Crippen molar-refractivity contribution in [3.05, 3.63) is 29.0 Å². The van der Waals surface area contributed by atoms with Crippen molar-refractivity contribution in [3.63, 3.8) is 0 Å². The third kappa shape index (κ3) is 4.42. The van der Waals surface area contributed by atoms with E-state index in [0.29, 0.717) is 0 Å². The summed E-state index contributed by atoms with van der Waals surface area (Å²) >= 11 is 5.48. The summed E-state index contributed by atoms with van der Waals surface area (Å²) in [6, 6.07) is 0.630. The number of hydrogen-bond donors (Lipinski definition) is 1. The Bertz CT molecular complexity index is 306. The van der Waals surface area contributed by atoms with Gasteiger partial charge in [-0.1, -0.05) is 11.6 Å². The first-order chi connectivity index (χ1) is 5.93. The van der Waals surface area contributed by atoms with Gasteiger partial charge in [0.2, 0.25) is 0 Å². The van der Waals surface area contributed by atoms with Crippen LogP contribution in [-0.4, -0.2) is 11.2 Å². The van der Waals surface area contributed by atoms with E-state index in [1.807, 2.05) is 0 Å². The lowest BCUT2D eigenvalue weighted by molar-refractivity contribution is -0.149. The van der Waals surface area contributed by atoms with Crippen LogP contribution in [0, 0.1) is 0 Å². The highest BCUT2D eigenvalue weighted by Crippen LogP contribution is 2.32. The quantitative estimate of drug-likeness (QED) is 0.860. The van der Waals surface area contributed by atoms with Gasteiger partial charge in [-0.05, 0) is 12.1 Å². The Morgan fingerprint density at radius 2 is 1.87 bits per heavy atom. The van der Waals surface area contributed by atoms with Crippen LogP contribution in [0.15, 0.2) is 18.3 Å². The van der Waals surface area contributed by atoms with Gasteiger partial charge in [0.25, 0.3) is 0 Å². The fourth-order valence-electron chi connectivity index (χ4n) is 0.782. The van der Waals surface area contributed by atoms with E-state index < -0.39 is 12.2 Å². The molecule has 1 aromatic rings. The molecule has 0 aliphatic heterocycles. The zero-order valence-electron chi connectivity index (χ0n) is 7.16. The average molecular weight is 284 g/mol. The van der Waals surface area contributed by atoms with E-state index in [4.69, 9.17) is 17.3 Å². The molecule has 1 heterocycles. The summed E-state index contributed by atoms with van der Waals surface area (Å²) in [6.45, 7) is 0. The second-order valence-corrected chi connectivity index (χ2v) is 2.80. The van der Waals surface area contributed by atoms with Crippen LogP contribution < -0.4 is 5.73 Å². The standard InChI is InChI=1S/C7H6ClF3N2.2ClH/c8-4-2-1-3-13-5(4)6(12)7(9,10)11;;/h1-3,6H,12H2;2*1H/t6-;;/m0../s1. The number of rotatable bonds is 1. The Labute approximate surface area is 102 Å².